The zero-order valence-corrected chi connectivity index (χ0v) is 20.8. The molecule has 1 aliphatic heterocycles. The molecule has 10 heteroatoms. The number of aryl methyl sites for hydroxylation is 2. The minimum Gasteiger partial charge on any atom is -0.352 e. The summed E-state index contributed by atoms with van der Waals surface area (Å²) in [6.07, 6.45) is 1.81. The molecule has 1 unspecified atom stereocenters. The molecule has 2 N–H and O–H groups in total. The number of guanidine groups is 1. The number of rotatable bonds is 5. The van der Waals surface area contributed by atoms with Crippen LogP contribution >= 0.6 is 39.9 Å². The molecule has 2 aromatic rings. The first-order chi connectivity index (χ1) is 13.4. The van der Waals surface area contributed by atoms with E-state index in [1.54, 1.807) is 19.0 Å². The van der Waals surface area contributed by atoms with Crippen molar-refractivity contribution in [3.8, 4) is 0 Å². The molecule has 0 saturated carbocycles. The Bertz CT molecular complexity index is 851. The molecule has 1 aromatic heterocycles. The number of likely N-dealkylation sites (N-methyl/N-ethyl adjacent to an activating group) is 1. The normalized spacial score (nSPS) is 15.9. The Morgan fingerprint density at radius 1 is 1.34 bits per heavy atom. The van der Waals surface area contributed by atoms with Crippen molar-refractivity contribution in [3.05, 3.63) is 46.0 Å². The summed E-state index contributed by atoms with van der Waals surface area (Å²) in [6, 6.07) is 8.23. The summed E-state index contributed by atoms with van der Waals surface area (Å²) >= 11 is 3.44. The van der Waals surface area contributed by atoms with Gasteiger partial charge in [-0.1, -0.05) is 28.1 Å². The van der Waals surface area contributed by atoms with E-state index in [1.807, 2.05) is 35.9 Å². The first-order valence-electron chi connectivity index (χ1n) is 9.30. The molecule has 0 spiro atoms. The maximum absolute atomic E-state index is 12.0. The Labute approximate surface area is 196 Å². The molecule has 1 aromatic carbocycles. The van der Waals surface area contributed by atoms with Crippen LogP contribution in [0.2, 0.25) is 0 Å². The number of amides is 1. The number of carbonyl (C=O) groups excluding carboxylic acids is 1. The van der Waals surface area contributed by atoms with Crippen LogP contribution < -0.4 is 10.6 Å². The van der Waals surface area contributed by atoms with Crippen LogP contribution in [-0.2, 0) is 24.3 Å². The molecule has 0 saturated heterocycles. The van der Waals surface area contributed by atoms with Crippen LogP contribution in [0.5, 0.6) is 0 Å². The SMILES string of the molecule is Cc1nc2n(n1)CC(NC(=NCc1ccc(Br)cc1)NCC(=O)N(C)C)CC2.I. The van der Waals surface area contributed by atoms with Gasteiger partial charge in [-0.3, -0.25) is 4.79 Å². The number of nitrogens with one attached hydrogen (secondary N) is 2. The minimum atomic E-state index is -0.00373. The summed E-state index contributed by atoms with van der Waals surface area (Å²) in [4.78, 5) is 22.7. The Kier molecular flexibility index (Phi) is 8.87. The molecule has 3 rings (SSSR count). The number of halogens is 2. The van der Waals surface area contributed by atoms with E-state index in [2.05, 4.69) is 41.6 Å². The van der Waals surface area contributed by atoms with Gasteiger partial charge in [0, 0.05) is 31.0 Å². The van der Waals surface area contributed by atoms with Gasteiger partial charge in [-0.15, -0.1) is 24.0 Å². The van der Waals surface area contributed by atoms with Crippen molar-refractivity contribution in [1.29, 1.82) is 0 Å². The highest BCUT2D eigenvalue weighted by atomic mass is 127. The van der Waals surface area contributed by atoms with Crippen molar-refractivity contribution >= 4 is 51.8 Å². The number of hydrogen-bond acceptors (Lipinski definition) is 4. The topological polar surface area (TPSA) is 87.4 Å². The number of nitrogens with zero attached hydrogens (tertiary/aromatic N) is 5. The van der Waals surface area contributed by atoms with Crippen LogP contribution in [0.1, 0.15) is 23.6 Å². The summed E-state index contributed by atoms with van der Waals surface area (Å²) in [7, 11) is 3.48. The number of fused-ring (bicyclic) bond motifs is 1. The summed E-state index contributed by atoms with van der Waals surface area (Å²) in [5.74, 6) is 2.45. The standard InChI is InChI=1S/C19H26BrN7O.HI/c1-13-23-17-9-8-16(12-27(17)25-13)24-19(22-11-18(28)26(2)3)21-10-14-4-6-15(20)7-5-14;/h4-7,16H,8-12H2,1-3H3,(H2,21,22,24);1H. The van der Waals surface area contributed by atoms with Crippen molar-refractivity contribution in [2.45, 2.75) is 38.9 Å². The van der Waals surface area contributed by atoms with Crippen molar-refractivity contribution < 1.29 is 4.79 Å². The second-order valence-electron chi connectivity index (χ2n) is 7.07. The van der Waals surface area contributed by atoms with E-state index in [1.165, 1.54) is 0 Å². The third-order valence-corrected chi connectivity index (χ3v) is 5.07. The highest BCUT2D eigenvalue weighted by Crippen LogP contribution is 2.13. The Balaban J connectivity index is 0.00000300. The number of aromatic nitrogens is 3. The lowest BCUT2D eigenvalue weighted by molar-refractivity contribution is -0.127. The molecule has 8 nitrogen and oxygen atoms in total. The fraction of sp³-hybridized carbons (Fsp3) is 0.474. The van der Waals surface area contributed by atoms with E-state index in [9.17, 15) is 4.79 Å². The van der Waals surface area contributed by atoms with Gasteiger partial charge in [-0.2, -0.15) is 5.10 Å². The predicted octanol–water partition coefficient (Wildman–Crippen LogP) is 2.11. The van der Waals surface area contributed by atoms with Crippen molar-refractivity contribution in [2.24, 2.45) is 4.99 Å². The lowest BCUT2D eigenvalue weighted by atomic mass is 10.1. The van der Waals surface area contributed by atoms with Gasteiger partial charge in [0.2, 0.25) is 5.91 Å². The fourth-order valence-electron chi connectivity index (χ4n) is 2.98. The lowest BCUT2D eigenvalue weighted by Gasteiger charge is -2.25. The minimum absolute atomic E-state index is 0. The van der Waals surface area contributed by atoms with E-state index in [4.69, 9.17) is 0 Å². The van der Waals surface area contributed by atoms with Crippen LogP contribution in [0.4, 0.5) is 0 Å². The molecule has 2 heterocycles. The van der Waals surface area contributed by atoms with Gasteiger partial charge in [-0.25, -0.2) is 14.7 Å². The molecule has 1 amide bonds. The summed E-state index contributed by atoms with van der Waals surface area (Å²) < 4.78 is 2.99. The molecule has 1 aliphatic rings. The van der Waals surface area contributed by atoms with Crippen molar-refractivity contribution in [3.63, 3.8) is 0 Å². The molecule has 0 radical (unpaired) electrons. The lowest BCUT2D eigenvalue weighted by Crippen LogP contribution is -2.49. The molecular formula is C19H27BrIN7O. The largest absolute Gasteiger partial charge is 0.352 e. The molecule has 1 atom stereocenters. The monoisotopic (exact) mass is 575 g/mol. The highest BCUT2D eigenvalue weighted by molar-refractivity contribution is 14.0. The summed E-state index contributed by atoms with van der Waals surface area (Å²) in [5.41, 5.74) is 1.10. The van der Waals surface area contributed by atoms with Gasteiger partial charge in [0.1, 0.15) is 11.6 Å². The fourth-order valence-corrected chi connectivity index (χ4v) is 3.24. The molecule has 29 heavy (non-hydrogen) atoms. The Morgan fingerprint density at radius 2 is 2.07 bits per heavy atom. The first-order valence-corrected chi connectivity index (χ1v) is 10.1. The van der Waals surface area contributed by atoms with Crippen molar-refractivity contribution in [1.82, 2.24) is 30.3 Å². The van der Waals surface area contributed by atoms with E-state index in [-0.39, 0.29) is 42.5 Å². The number of hydrogen-bond donors (Lipinski definition) is 2. The maximum atomic E-state index is 12.0. The van der Waals surface area contributed by atoms with Gasteiger partial charge >= 0.3 is 0 Å². The van der Waals surface area contributed by atoms with E-state index in [0.29, 0.717) is 12.5 Å². The quantitative estimate of drug-likeness (QED) is 0.324. The van der Waals surface area contributed by atoms with Crippen LogP contribution in [-0.4, -0.2) is 58.2 Å². The number of benzene rings is 1. The van der Waals surface area contributed by atoms with Gasteiger partial charge in [0.25, 0.3) is 0 Å². The van der Waals surface area contributed by atoms with Crippen LogP contribution in [0.25, 0.3) is 0 Å². The number of aliphatic imine (C=N–C) groups is 1. The smallest absolute Gasteiger partial charge is 0.241 e. The van der Waals surface area contributed by atoms with E-state index < -0.39 is 0 Å². The van der Waals surface area contributed by atoms with Gasteiger partial charge < -0.3 is 15.5 Å². The van der Waals surface area contributed by atoms with Gasteiger partial charge in [0.15, 0.2) is 5.96 Å². The van der Waals surface area contributed by atoms with Crippen LogP contribution in [0.15, 0.2) is 33.7 Å². The second-order valence-corrected chi connectivity index (χ2v) is 7.99. The Hall–Kier alpha value is -1.69. The zero-order valence-electron chi connectivity index (χ0n) is 16.9. The molecule has 0 aliphatic carbocycles. The third-order valence-electron chi connectivity index (χ3n) is 4.54. The summed E-state index contributed by atoms with van der Waals surface area (Å²) in [6.45, 7) is 3.36. The third kappa shape index (κ3) is 6.95. The highest BCUT2D eigenvalue weighted by Gasteiger charge is 2.22. The first kappa shape index (κ1) is 23.6. The van der Waals surface area contributed by atoms with E-state index >= 15 is 0 Å². The maximum Gasteiger partial charge on any atom is 0.241 e. The predicted molar refractivity (Wildman–Crippen MR) is 127 cm³/mol. The summed E-state index contributed by atoms with van der Waals surface area (Å²) in [5, 5.41) is 11.1. The number of carbonyl (C=O) groups is 1. The molecule has 0 fully saturated rings. The second kappa shape index (κ2) is 10.9. The molecular weight excluding hydrogens is 549 g/mol. The van der Waals surface area contributed by atoms with Gasteiger partial charge in [0.05, 0.1) is 19.6 Å². The van der Waals surface area contributed by atoms with Gasteiger partial charge in [-0.05, 0) is 31.0 Å². The Morgan fingerprint density at radius 3 is 2.76 bits per heavy atom. The molecule has 158 valence electrons. The van der Waals surface area contributed by atoms with Crippen LogP contribution in [0, 0.1) is 6.92 Å². The zero-order chi connectivity index (χ0) is 20.1. The van der Waals surface area contributed by atoms with E-state index in [0.717, 1.165) is 41.1 Å². The van der Waals surface area contributed by atoms with Crippen LogP contribution in [0.3, 0.4) is 0 Å². The van der Waals surface area contributed by atoms with Crippen molar-refractivity contribution in [2.75, 3.05) is 20.6 Å². The average molecular weight is 576 g/mol. The molecule has 0 bridgehead atoms. The average Bonchev–Trinajstić information content (AvgIpc) is 3.04.